The molecule has 0 spiro atoms. The molecule has 0 aromatic heterocycles. The highest BCUT2D eigenvalue weighted by Crippen LogP contribution is 2.21. The number of hydrogen-bond donors (Lipinski definition) is 2. The number of nitrogens with zero attached hydrogens (tertiary/aromatic N) is 1. The Kier molecular flexibility index (Phi) is 4.16. The van der Waals surface area contributed by atoms with Crippen LogP contribution in [0.5, 0.6) is 0 Å². The van der Waals surface area contributed by atoms with Crippen molar-refractivity contribution in [1.82, 2.24) is 4.90 Å². The van der Waals surface area contributed by atoms with Gasteiger partial charge in [0.05, 0.1) is 0 Å². The van der Waals surface area contributed by atoms with Crippen LogP contribution in [0.25, 0.3) is 0 Å². The molecule has 3 nitrogen and oxygen atoms in total. The van der Waals surface area contributed by atoms with Crippen molar-refractivity contribution in [3.63, 3.8) is 0 Å². The van der Waals surface area contributed by atoms with Crippen molar-refractivity contribution in [1.29, 1.82) is 0 Å². The van der Waals surface area contributed by atoms with Crippen LogP contribution in [0.15, 0.2) is 0 Å². The van der Waals surface area contributed by atoms with Crippen molar-refractivity contribution in [3.8, 4) is 0 Å². The highest BCUT2D eigenvalue weighted by atomic mass is 16.3. The average molecular weight is 186 g/mol. The Bertz CT molecular complexity index is 142. The SMILES string of the molecule is CC1CN(CC(N)CCO)CC1C. The molecule has 0 aliphatic carbocycles. The molecular weight excluding hydrogens is 164 g/mol. The predicted octanol–water partition coefficient (Wildman–Crippen LogP) is 0.284. The Labute approximate surface area is 80.9 Å². The summed E-state index contributed by atoms with van der Waals surface area (Å²) in [4.78, 5) is 2.41. The summed E-state index contributed by atoms with van der Waals surface area (Å²) in [7, 11) is 0. The van der Waals surface area contributed by atoms with Crippen molar-refractivity contribution in [2.24, 2.45) is 17.6 Å². The molecule has 1 fully saturated rings. The quantitative estimate of drug-likeness (QED) is 0.663. The van der Waals surface area contributed by atoms with Gasteiger partial charge in [0.15, 0.2) is 0 Å². The van der Waals surface area contributed by atoms with Crippen molar-refractivity contribution in [2.45, 2.75) is 26.3 Å². The average Bonchev–Trinajstić information content (AvgIpc) is 2.31. The van der Waals surface area contributed by atoms with Crippen LogP contribution in [0, 0.1) is 11.8 Å². The Morgan fingerprint density at radius 1 is 1.38 bits per heavy atom. The third-order valence-corrected chi connectivity index (χ3v) is 3.06. The molecule has 78 valence electrons. The number of rotatable bonds is 4. The van der Waals surface area contributed by atoms with Gasteiger partial charge in [0.1, 0.15) is 0 Å². The molecule has 0 aromatic carbocycles. The van der Waals surface area contributed by atoms with Crippen molar-refractivity contribution in [3.05, 3.63) is 0 Å². The normalized spacial score (nSPS) is 32.3. The first-order chi connectivity index (χ1) is 6.13. The fourth-order valence-electron chi connectivity index (χ4n) is 1.99. The van der Waals surface area contributed by atoms with Crippen LogP contribution >= 0.6 is 0 Å². The van der Waals surface area contributed by atoms with Gasteiger partial charge in [-0.25, -0.2) is 0 Å². The van der Waals surface area contributed by atoms with Gasteiger partial charge < -0.3 is 15.7 Å². The lowest BCUT2D eigenvalue weighted by atomic mass is 10.0. The van der Waals surface area contributed by atoms with Crippen LogP contribution in [0.2, 0.25) is 0 Å². The molecule has 0 saturated carbocycles. The summed E-state index contributed by atoms with van der Waals surface area (Å²) in [6.45, 7) is 8.07. The minimum absolute atomic E-state index is 0.141. The maximum absolute atomic E-state index is 8.72. The van der Waals surface area contributed by atoms with E-state index in [0.29, 0.717) is 0 Å². The number of likely N-dealkylation sites (tertiary alicyclic amines) is 1. The topological polar surface area (TPSA) is 49.5 Å². The van der Waals surface area contributed by atoms with Crippen molar-refractivity contribution >= 4 is 0 Å². The second kappa shape index (κ2) is 4.94. The maximum Gasteiger partial charge on any atom is 0.0446 e. The van der Waals surface area contributed by atoms with E-state index in [2.05, 4.69) is 18.7 Å². The smallest absolute Gasteiger partial charge is 0.0446 e. The van der Waals surface area contributed by atoms with E-state index in [1.807, 2.05) is 0 Å². The number of aliphatic hydroxyl groups is 1. The maximum atomic E-state index is 8.72. The zero-order valence-corrected chi connectivity index (χ0v) is 8.74. The van der Waals surface area contributed by atoms with Crippen LogP contribution in [-0.4, -0.2) is 42.3 Å². The van der Waals surface area contributed by atoms with E-state index in [1.54, 1.807) is 0 Å². The molecule has 0 radical (unpaired) electrons. The second-order valence-corrected chi connectivity index (χ2v) is 4.45. The Morgan fingerprint density at radius 2 is 1.92 bits per heavy atom. The van der Waals surface area contributed by atoms with Gasteiger partial charge in [-0.3, -0.25) is 0 Å². The molecule has 1 aliphatic rings. The van der Waals surface area contributed by atoms with Gasteiger partial charge >= 0.3 is 0 Å². The number of nitrogens with two attached hydrogens (primary N) is 1. The molecule has 0 aromatic rings. The molecule has 0 bridgehead atoms. The minimum Gasteiger partial charge on any atom is -0.396 e. The van der Waals surface area contributed by atoms with Gasteiger partial charge in [0.2, 0.25) is 0 Å². The van der Waals surface area contributed by atoms with Crippen LogP contribution in [0.3, 0.4) is 0 Å². The van der Waals surface area contributed by atoms with E-state index < -0.39 is 0 Å². The standard InChI is InChI=1S/C10H22N2O/c1-8-5-12(6-9(8)2)7-10(11)3-4-13/h8-10,13H,3-7,11H2,1-2H3. The van der Waals surface area contributed by atoms with Crippen LogP contribution in [0.1, 0.15) is 20.3 Å². The van der Waals surface area contributed by atoms with Crippen molar-refractivity contribution < 1.29 is 5.11 Å². The molecule has 3 heteroatoms. The zero-order valence-electron chi connectivity index (χ0n) is 8.74. The fraction of sp³-hybridized carbons (Fsp3) is 1.00. The minimum atomic E-state index is 0.141. The van der Waals surface area contributed by atoms with Crippen LogP contribution in [-0.2, 0) is 0 Å². The Hall–Kier alpha value is -0.120. The molecule has 1 saturated heterocycles. The van der Waals surface area contributed by atoms with Crippen molar-refractivity contribution in [2.75, 3.05) is 26.2 Å². The molecule has 1 aliphatic heterocycles. The predicted molar refractivity (Wildman–Crippen MR) is 54.4 cm³/mol. The molecule has 1 heterocycles. The summed E-state index contributed by atoms with van der Waals surface area (Å²) in [5.41, 5.74) is 5.85. The zero-order chi connectivity index (χ0) is 9.84. The summed E-state index contributed by atoms with van der Waals surface area (Å²) >= 11 is 0. The van der Waals surface area contributed by atoms with E-state index in [9.17, 15) is 0 Å². The van der Waals surface area contributed by atoms with E-state index in [-0.39, 0.29) is 12.6 Å². The molecular formula is C10H22N2O. The van der Waals surface area contributed by atoms with E-state index in [1.165, 1.54) is 13.1 Å². The van der Waals surface area contributed by atoms with Crippen LogP contribution in [0.4, 0.5) is 0 Å². The summed E-state index contributed by atoms with van der Waals surface area (Å²) in [5, 5.41) is 8.72. The van der Waals surface area contributed by atoms with Gasteiger partial charge in [-0.2, -0.15) is 0 Å². The molecule has 13 heavy (non-hydrogen) atoms. The third kappa shape index (κ3) is 3.25. The molecule has 1 rings (SSSR count). The van der Waals surface area contributed by atoms with Gasteiger partial charge in [-0.1, -0.05) is 13.8 Å². The Morgan fingerprint density at radius 3 is 2.38 bits per heavy atom. The fourth-order valence-corrected chi connectivity index (χ4v) is 1.99. The van der Waals surface area contributed by atoms with Gasteiger partial charge in [-0.05, 0) is 18.3 Å². The molecule has 3 N–H and O–H groups in total. The first kappa shape index (κ1) is 11.0. The van der Waals surface area contributed by atoms with Gasteiger partial charge in [0.25, 0.3) is 0 Å². The lowest BCUT2D eigenvalue weighted by molar-refractivity contribution is 0.243. The van der Waals surface area contributed by atoms with E-state index in [0.717, 1.165) is 24.8 Å². The second-order valence-electron chi connectivity index (χ2n) is 4.45. The van der Waals surface area contributed by atoms with Gasteiger partial charge in [0, 0.05) is 32.3 Å². The highest BCUT2D eigenvalue weighted by Gasteiger charge is 2.26. The molecule has 3 atom stereocenters. The largest absolute Gasteiger partial charge is 0.396 e. The summed E-state index contributed by atoms with van der Waals surface area (Å²) in [6.07, 6.45) is 0.721. The highest BCUT2D eigenvalue weighted by molar-refractivity contribution is 4.80. The number of aliphatic hydroxyl groups excluding tert-OH is 1. The molecule has 3 unspecified atom stereocenters. The van der Waals surface area contributed by atoms with Gasteiger partial charge in [-0.15, -0.1) is 0 Å². The lowest BCUT2D eigenvalue weighted by Crippen LogP contribution is -2.37. The van der Waals surface area contributed by atoms with E-state index >= 15 is 0 Å². The first-order valence-electron chi connectivity index (χ1n) is 5.22. The summed E-state index contributed by atoms with van der Waals surface area (Å²) < 4.78 is 0. The lowest BCUT2D eigenvalue weighted by Gasteiger charge is -2.19. The summed E-state index contributed by atoms with van der Waals surface area (Å²) in [6, 6.07) is 0.141. The first-order valence-corrected chi connectivity index (χ1v) is 5.22. The summed E-state index contributed by atoms with van der Waals surface area (Å²) in [5.74, 6) is 1.59. The number of hydrogen-bond acceptors (Lipinski definition) is 3. The van der Waals surface area contributed by atoms with E-state index in [4.69, 9.17) is 10.8 Å². The van der Waals surface area contributed by atoms with Crippen LogP contribution < -0.4 is 5.73 Å². The third-order valence-electron chi connectivity index (χ3n) is 3.06. The monoisotopic (exact) mass is 186 g/mol. The Balaban J connectivity index is 2.23. The molecule has 0 amide bonds.